The van der Waals surface area contributed by atoms with E-state index in [0.717, 1.165) is 63.1 Å². The SMILES string of the molecule is CN1CCN(C2CCN(c3ccc(Nc4nc(N[C@H]5CC[C@H](O)CC5)c(-c5cncc6[nH]cnc56)nc4C(N)O)cc3)CC2)CC1. The highest BCUT2D eigenvalue weighted by Crippen LogP contribution is 2.35. The molecule has 4 aromatic rings. The molecule has 0 spiro atoms. The minimum absolute atomic E-state index is 0.115. The van der Waals surface area contributed by atoms with Gasteiger partial charge in [0, 0.05) is 68.9 Å². The first-order chi connectivity index (χ1) is 22.4. The Balaban J connectivity index is 1.12. The molecule has 13 heteroatoms. The van der Waals surface area contributed by atoms with Crippen molar-refractivity contribution in [2.24, 2.45) is 5.73 Å². The number of hydrogen-bond acceptors (Lipinski definition) is 12. The molecule has 3 aliphatic rings. The van der Waals surface area contributed by atoms with Crippen LogP contribution in [0.4, 0.5) is 23.0 Å². The first-order valence-electron chi connectivity index (χ1n) is 16.5. The molecule has 1 unspecified atom stereocenters. The van der Waals surface area contributed by atoms with Gasteiger partial charge in [0.2, 0.25) is 0 Å². The number of H-pyrrole nitrogens is 1. The molecule has 2 saturated heterocycles. The van der Waals surface area contributed by atoms with Crippen LogP contribution in [-0.2, 0) is 0 Å². The number of aliphatic hydroxyl groups is 2. The van der Waals surface area contributed by atoms with Crippen LogP contribution in [0.15, 0.2) is 43.0 Å². The van der Waals surface area contributed by atoms with E-state index in [0.29, 0.717) is 34.5 Å². The Labute approximate surface area is 269 Å². The molecular formula is C33H45N11O2. The lowest BCUT2D eigenvalue weighted by Crippen LogP contribution is -2.52. The number of nitrogens with one attached hydrogen (secondary N) is 3. The summed E-state index contributed by atoms with van der Waals surface area (Å²) in [7, 11) is 2.21. The summed E-state index contributed by atoms with van der Waals surface area (Å²) in [4.78, 5) is 29.4. The van der Waals surface area contributed by atoms with Crippen molar-refractivity contribution in [1.82, 2.24) is 34.7 Å². The van der Waals surface area contributed by atoms with Crippen molar-refractivity contribution in [2.75, 3.05) is 61.8 Å². The van der Waals surface area contributed by atoms with Gasteiger partial charge in [0.05, 0.1) is 29.7 Å². The van der Waals surface area contributed by atoms with Gasteiger partial charge < -0.3 is 41.4 Å². The van der Waals surface area contributed by atoms with Crippen molar-refractivity contribution in [2.45, 2.75) is 62.9 Å². The maximum Gasteiger partial charge on any atom is 0.158 e. The summed E-state index contributed by atoms with van der Waals surface area (Å²) in [5.74, 6) is 0.922. The minimum atomic E-state index is -1.36. The number of nitrogens with two attached hydrogens (primary N) is 1. The van der Waals surface area contributed by atoms with E-state index in [1.54, 1.807) is 18.7 Å². The van der Waals surface area contributed by atoms with Gasteiger partial charge in [0.1, 0.15) is 23.1 Å². The summed E-state index contributed by atoms with van der Waals surface area (Å²) in [5.41, 5.74) is 11.0. The number of piperazine rings is 1. The zero-order chi connectivity index (χ0) is 31.6. The first-order valence-corrected chi connectivity index (χ1v) is 16.5. The Kier molecular flexibility index (Phi) is 9.00. The van der Waals surface area contributed by atoms with E-state index >= 15 is 0 Å². The number of pyridine rings is 1. The van der Waals surface area contributed by atoms with Crippen LogP contribution in [0.3, 0.4) is 0 Å². The Morgan fingerprint density at radius 1 is 0.913 bits per heavy atom. The highest BCUT2D eigenvalue weighted by atomic mass is 16.3. The maximum atomic E-state index is 10.6. The number of rotatable bonds is 8. The molecule has 5 heterocycles. The molecule has 1 saturated carbocycles. The first kappa shape index (κ1) is 30.8. The second kappa shape index (κ2) is 13.5. The average Bonchev–Trinajstić information content (AvgIpc) is 3.56. The third-order valence-electron chi connectivity index (χ3n) is 9.84. The van der Waals surface area contributed by atoms with E-state index < -0.39 is 6.23 Å². The van der Waals surface area contributed by atoms with Gasteiger partial charge in [-0.25, -0.2) is 15.0 Å². The van der Waals surface area contributed by atoms with Gasteiger partial charge in [-0.1, -0.05) is 0 Å². The number of likely N-dealkylation sites (N-methyl/N-ethyl adjacent to an activating group) is 1. The van der Waals surface area contributed by atoms with Crippen LogP contribution in [0, 0.1) is 0 Å². The zero-order valence-electron chi connectivity index (χ0n) is 26.4. The maximum absolute atomic E-state index is 10.6. The third kappa shape index (κ3) is 6.65. The van der Waals surface area contributed by atoms with E-state index in [1.807, 2.05) is 12.1 Å². The Morgan fingerprint density at radius 3 is 2.37 bits per heavy atom. The molecule has 7 rings (SSSR count). The van der Waals surface area contributed by atoms with Gasteiger partial charge in [-0.3, -0.25) is 9.88 Å². The number of aromatic nitrogens is 5. The fourth-order valence-corrected chi connectivity index (χ4v) is 7.06. The Morgan fingerprint density at radius 2 is 1.65 bits per heavy atom. The molecule has 1 aromatic carbocycles. The van der Waals surface area contributed by atoms with Gasteiger partial charge in [-0.2, -0.15) is 0 Å². The van der Waals surface area contributed by atoms with Gasteiger partial charge in [-0.15, -0.1) is 0 Å². The van der Waals surface area contributed by atoms with E-state index in [9.17, 15) is 10.2 Å². The number of nitrogens with zero attached hydrogens (tertiary/aromatic N) is 7. The van der Waals surface area contributed by atoms with Crippen molar-refractivity contribution in [3.05, 3.63) is 48.7 Å². The van der Waals surface area contributed by atoms with Crippen molar-refractivity contribution in [3.8, 4) is 11.3 Å². The number of piperidine rings is 1. The molecule has 13 nitrogen and oxygen atoms in total. The quantitative estimate of drug-likeness (QED) is 0.158. The van der Waals surface area contributed by atoms with Crippen LogP contribution in [0.1, 0.15) is 50.4 Å². The molecule has 46 heavy (non-hydrogen) atoms. The average molecular weight is 628 g/mol. The molecule has 3 fully saturated rings. The fraction of sp³-hybridized carbons (Fsp3) is 0.515. The van der Waals surface area contributed by atoms with Gasteiger partial charge in [0.25, 0.3) is 0 Å². The molecule has 0 bridgehead atoms. The summed E-state index contributed by atoms with van der Waals surface area (Å²) in [6.07, 6.45) is 8.83. The molecule has 1 aliphatic carbocycles. The van der Waals surface area contributed by atoms with Gasteiger partial charge in [0.15, 0.2) is 11.6 Å². The zero-order valence-corrected chi connectivity index (χ0v) is 26.4. The van der Waals surface area contributed by atoms with E-state index in [2.05, 4.69) is 59.5 Å². The number of aliphatic hydroxyl groups excluding tert-OH is 2. The monoisotopic (exact) mass is 627 g/mol. The van der Waals surface area contributed by atoms with Crippen molar-refractivity contribution in [3.63, 3.8) is 0 Å². The highest BCUT2D eigenvalue weighted by Gasteiger charge is 2.28. The van der Waals surface area contributed by atoms with Crippen molar-refractivity contribution < 1.29 is 10.2 Å². The number of benzene rings is 1. The summed E-state index contributed by atoms with van der Waals surface area (Å²) < 4.78 is 0. The number of anilines is 4. The summed E-state index contributed by atoms with van der Waals surface area (Å²) in [6, 6.07) is 9.13. The van der Waals surface area contributed by atoms with Crippen molar-refractivity contribution >= 4 is 34.0 Å². The third-order valence-corrected chi connectivity index (χ3v) is 9.84. The lowest BCUT2D eigenvalue weighted by molar-refractivity contribution is 0.0982. The number of aromatic amines is 1. The molecule has 7 N–H and O–H groups in total. The Hall–Kier alpha value is -3.88. The standard InChI is InChI=1S/C33H45N11O2/c1-42-14-16-44(17-15-42)24-10-12-43(13-11-24)23-6-2-21(3-7-23)39-33-30(31(34)46)40-29(26-18-35-19-27-28(26)37-20-36-27)32(41-33)38-22-4-8-25(45)9-5-22/h2-3,6-7,18-20,22,24-25,31,45-46H,4-5,8-17,34H2,1H3,(H,36,37)(H2,38,39,41)/t22-,25-,31?. The smallest absolute Gasteiger partial charge is 0.158 e. The fourth-order valence-electron chi connectivity index (χ4n) is 7.06. The van der Waals surface area contributed by atoms with Crippen LogP contribution in [-0.4, -0.2) is 109 Å². The highest BCUT2D eigenvalue weighted by molar-refractivity contribution is 5.93. The minimum Gasteiger partial charge on any atom is -0.393 e. The number of imidazole rings is 1. The second-order valence-electron chi connectivity index (χ2n) is 13.0. The number of fused-ring (bicyclic) bond motifs is 1. The topological polar surface area (TPSA) is 168 Å². The largest absolute Gasteiger partial charge is 0.393 e. The van der Waals surface area contributed by atoms with Crippen LogP contribution in [0.25, 0.3) is 22.3 Å². The van der Waals surface area contributed by atoms with Gasteiger partial charge >= 0.3 is 0 Å². The van der Waals surface area contributed by atoms with Crippen LogP contribution in [0.5, 0.6) is 0 Å². The van der Waals surface area contributed by atoms with E-state index in [-0.39, 0.29) is 17.8 Å². The van der Waals surface area contributed by atoms with Crippen LogP contribution < -0.4 is 21.3 Å². The summed E-state index contributed by atoms with van der Waals surface area (Å²) in [5, 5.41) is 27.7. The van der Waals surface area contributed by atoms with Crippen molar-refractivity contribution in [1.29, 1.82) is 0 Å². The van der Waals surface area contributed by atoms with Crippen LogP contribution >= 0.6 is 0 Å². The lowest BCUT2D eigenvalue weighted by Gasteiger charge is -2.42. The Bertz CT molecular complexity index is 1600. The number of hydrogen-bond donors (Lipinski definition) is 6. The molecule has 244 valence electrons. The van der Waals surface area contributed by atoms with Gasteiger partial charge in [-0.05, 0) is 69.8 Å². The molecule has 3 aromatic heterocycles. The molecular weight excluding hydrogens is 582 g/mol. The second-order valence-corrected chi connectivity index (χ2v) is 13.0. The van der Waals surface area contributed by atoms with E-state index in [4.69, 9.17) is 15.7 Å². The molecule has 0 radical (unpaired) electrons. The normalized spacial score (nSPS) is 22.7. The summed E-state index contributed by atoms with van der Waals surface area (Å²) >= 11 is 0. The molecule has 1 atom stereocenters. The molecule has 2 aliphatic heterocycles. The molecule has 0 amide bonds. The van der Waals surface area contributed by atoms with Crippen LogP contribution in [0.2, 0.25) is 0 Å². The predicted octanol–water partition coefficient (Wildman–Crippen LogP) is 3.04. The predicted molar refractivity (Wildman–Crippen MR) is 180 cm³/mol. The van der Waals surface area contributed by atoms with E-state index in [1.165, 1.54) is 31.6 Å². The lowest BCUT2D eigenvalue weighted by atomic mass is 9.93. The summed E-state index contributed by atoms with van der Waals surface area (Å²) in [6.45, 7) is 6.74.